The molecule has 1 atom stereocenters. The summed E-state index contributed by atoms with van der Waals surface area (Å²) >= 11 is 1.37. The van der Waals surface area contributed by atoms with Crippen molar-refractivity contribution in [3.63, 3.8) is 0 Å². The van der Waals surface area contributed by atoms with Crippen LogP contribution in [0.15, 0.2) is 60.2 Å². The van der Waals surface area contributed by atoms with E-state index in [1.807, 2.05) is 44.2 Å². The Balaban J connectivity index is 1.93. The molecule has 1 fully saturated rings. The van der Waals surface area contributed by atoms with Crippen LogP contribution in [0.5, 0.6) is 0 Å². The zero-order chi connectivity index (χ0) is 23.2. The molecular weight excluding hydrogens is 420 g/mol. The van der Waals surface area contributed by atoms with Crippen molar-refractivity contribution in [1.29, 1.82) is 0 Å². The number of aromatic nitrogens is 1. The van der Waals surface area contributed by atoms with Crippen molar-refractivity contribution in [2.45, 2.75) is 46.1 Å². The Morgan fingerprint density at radius 3 is 2.16 bits per heavy atom. The van der Waals surface area contributed by atoms with Crippen LogP contribution in [-0.2, 0) is 15.0 Å². The Kier molecular flexibility index (Phi) is 5.51. The fourth-order valence-electron chi connectivity index (χ4n) is 3.82. The molecule has 0 unspecified atom stereocenters. The van der Waals surface area contributed by atoms with E-state index in [1.54, 1.807) is 24.3 Å². The molecule has 6 heteroatoms. The molecule has 1 saturated heterocycles. The topological polar surface area (TPSA) is 70.5 Å². The van der Waals surface area contributed by atoms with E-state index < -0.39 is 17.7 Å². The molecule has 0 radical (unpaired) electrons. The second-order valence-electron chi connectivity index (χ2n) is 9.05. The van der Waals surface area contributed by atoms with Gasteiger partial charge in [0, 0.05) is 10.4 Å². The minimum absolute atomic E-state index is 0.0338. The first-order valence-corrected chi connectivity index (χ1v) is 11.3. The summed E-state index contributed by atoms with van der Waals surface area (Å²) in [7, 11) is 0. The summed E-state index contributed by atoms with van der Waals surface area (Å²) in [6, 6.07) is 16.0. The summed E-state index contributed by atoms with van der Waals surface area (Å²) in [5, 5.41) is 11.6. The van der Waals surface area contributed by atoms with E-state index in [2.05, 4.69) is 25.8 Å². The quantitative estimate of drug-likeness (QED) is 0.319. The average molecular weight is 447 g/mol. The third kappa shape index (κ3) is 3.75. The number of rotatable bonds is 3. The molecule has 32 heavy (non-hydrogen) atoms. The van der Waals surface area contributed by atoms with Crippen molar-refractivity contribution in [2.24, 2.45) is 0 Å². The Hall–Kier alpha value is -3.25. The third-order valence-electron chi connectivity index (χ3n) is 5.81. The number of nitrogens with zero attached hydrogens (tertiary/aromatic N) is 2. The highest BCUT2D eigenvalue weighted by molar-refractivity contribution is 7.16. The van der Waals surface area contributed by atoms with Gasteiger partial charge in [-0.15, -0.1) is 11.3 Å². The van der Waals surface area contributed by atoms with Crippen molar-refractivity contribution < 1.29 is 14.7 Å². The van der Waals surface area contributed by atoms with E-state index in [1.165, 1.54) is 16.2 Å². The molecule has 1 aliphatic heterocycles. The largest absolute Gasteiger partial charge is 0.507 e. The van der Waals surface area contributed by atoms with Gasteiger partial charge in [0.25, 0.3) is 5.78 Å². The third-order valence-corrected chi connectivity index (χ3v) is 6.88. The smallest absolute Gasteiger partial charge is 0.301 e. The number of aliphatic hydroxyl groups is 1. The first kappa shape index (κ1) is 22.0. The molecule has 5 nitrogen and oxygen atoms in total. The van der Waals surface area contributed by atoms with Crippen molar-refractivity contribution >= 4 is 33.9 Å². The zero-order valence-corrected chi connectivity index (χ0v) is 19.7. The number of hydrogen-bond donors (Lipinski definition) is 1. The van der Waals surface area contributed by atoms with Crippen LogP contribution in [0, 0.1) is 13.8 Å². The van der Waals surface area contributed by atoms with Gasteiger partial charge in [-0.05, 0) is 30.4 Å². The van der Waals surface area contributed by atoms with Gasteiger partial charge in [0.05, 0.1) is 17.3 Å². The Morgan fingerprint density at radius 2 is 1.62 bits per heavy atom. The van der Waals surface area contributed by atoms with Crippen molar-refractivity contribution in [3.05, 3.63) is 87.4 Å². The number of benzene rings is 2. The molecular formula is C26H26N2O3S. The molecule has 4 rings (SSSR count). The Morgan fingerprint density at radius 1 is 1.00 bits per heavy atom. The zero-order valence-electron chi connectivity index (χ0n) is 18.8. The highest BCUT2D eigenvalue weighted by Gasteiger charge is 2.48. The van der Waals surface area contributed by atoms with Crippen LogP contribution in [0.25, 0.3) is 5.76 Å². The number of ketones is 1. The molecule has 1 aliphatic rings. The van der Waals surface area contributed by atoms with Gasteiger partial charge >= 0.3 is 5.91 Å². The van der Waals surface area contributed by atoms with Crippen LogP contribution in [0.2, 0.25) is 0 Å². The number of Topliss-reactive ketones (excluding diaryl/α,β-unsaturated/α-hetero) is 1. The molecule has 0 aliphatic carbocycles. The van der Waals surface area contributed by atoms with E-state index in [4.69, 9.17) is 0 Å². The number of anilines is 1. The molecule has 0 spiro atoms. The lowest BCUT2D eigenvalue weighted by Gasteiger charge is -2.24. The van der Waals surface area contributed by atoms with Crippen molar-refractivity contribution in [1.82, 2.24) is 4.98 Å². The van der Waals surface area contributed by atoms with Gasteiger partial charge < -0.3 is 5.11 Å². The standard InChI is InChI=1S/C26H26N2O3S/c1-15-16(2)32-25(27-15)28-21(17-11-13-19(14-12-17)26(3,4)5)20(23(30)24(28)31)22(29)18-9-7-6-8-10-18/h6-14,21,29H,1-5H3/b22-20+/t21-/m0/s1. The van der Waals surface area contributed by atoms with E-state index in [0.717, 1.165) is 21.7 Å². The van der Waals surface area contributed by atoms with Gasteiger partial charge in [0.2, 0.25) is 0 Å². The van der Waals surface area contributed by atoms with Crippen LogP contribution in [0.4, 0.5) is 5.13 Å². The van der Waals surface area contributed by atoms with E-state index in [-0.39, 0.29) is 16.7 Å². The molecule has 0 bridgehead atoms. The summed E-state index contributed by atoms with van der Waals surface area (Å²) in [4.78, 5) is 33.3. The van der Waals surface area contributed by atoms with E-state index >= 15 is 0 Å². The summed E-state index contributed by atoms with van der Waals surface area (Å²) in [6.07, 6.45) is 0. The lowest BCUT2D eigenvalue weighted by Crippen LogP contribution is -2.29. The number of aryl methyl sites for hydroxylation is 2. The molecule has 1 aromatic heterocycles. The van der Waals surface area contributed by atoms with Gasteiger partial charge in [0.1, 0.15) is 5.76 Å². The maximum atomic E-state index is 13.2. The Labute approximate surface area is 192 Å². The number of amides is 1. The monoisotopic (exact) mass is 446 g/mol. The van der Waals surface area contributed by atoms with Gasteiger partial charge in [-0.2, -0.15) is 0 Å². The van der Waals surface area contributed by atoms with Gasteiger partial charge in [-0.3, -0.25) is 14.5 Å². The number of thiazole rings is 1. The summed E-state index contributed by atoms with van der Waals surface area (Å²) in [6.45, 7) is 10.2. The SMILES string of the molecule is Cc1nc(N2C(=O)C(=O)/C(=C(/O)c3ccccc3)[C@@H]2c2ccc(C(C)(C)C)cc2)sc1C. The average Bonchev–Trinajstić information content (AvgIpc) is 3.23. The number of carbonyl (C=O) groups excluding carboxylic acids is 2. The second-order valence-corrected chi connectivity index (χ2v) is 10.2. The first-order valence-electron chi connectivity index (χ1n) is 10.5. The maximum Gasteiger partial charge on any atom is 0.301 e. The van der Waals surface area contributed by atoms with Crippen molar-refractivity contribution in [3.8, 4) is 0 Å². The number of aliphatic hydroxyl groups excluding tert-OH is 1. The Bertz CT molecular complexity index is 1200. The summed E-state index contributed by atoms with van der Waals surface area (Å²) < 4.78 is 0. The number of hydrogen-bond acceptors (Lipinski definition) is 5. The minimum atomic E-state index is -0.755. The molecule has 1 N–H and O–H groups in total. The van der Waals surface area contributed by atoms with Gasteiger partial charge in [0.15, 0.2) is 5.13 Å². The lowest BCUT2D eigenvalue weighted by atomic mass is 9.85. The second kappa shape index (κ2) is 8.02. The van der Waals surface area contributed by atoms with Crippen LogP contribution in [0.3, 0.4) is 0 Å². The fraction of sp³-hybridized carbons (Fsp3) is 0.269. The van der Waals surface area contributed by atoms with Crippen molar-refractivity contribution in [2.75, 3.05) is 4.90 Å². The predicted octanol–water partition coefficient (Wildman–Crippen LogP) is 5.68. The van der Waals surface area contributed by atoms with Gasteiger partial charge in [-0.1, -0.05) is 75.4 Å². The molecule has 164 valence electrons. The molecule has 0 saturated carbocycles. The molecule has 2 heterocycles. The summed E-state index contributed by atoms with van der Waals surface area (Å²) in [5.74, 6) is -1.57. The van der Waals surface area contributed by atoms with Crippen LogP contribution in [0.1, 0.15) is 54.1 Å². The predicted molar refractivity (Wildman–Crippen MR) is 128 cm³/mol. The minimum Gasteiger partial charge on any atom is -0.507 e. The van der Waals surface area contributed by atoms with Crippen LogP contribution < -0.4 is 4.90 Å². The summed E-state index contributed by atoms with van der Waals surface area (Å²) in [5.41, 5.74) is 3.25. The lowest BCUT2D eigenvalue weighted by molar-refractivity contribution is -0.132. The van der Waals surface area contributed by atoms with Gasteiger partial charge in [-0.25, -0.2) is 4.98 Å². The van der Waals surface area contributed by atoms with Crippen LogP contribution in [-0.4, -0.2) is 21.8 Å². The maximum absolute atomic E-state index is 13.2. The first-order chi connectivity index (χ1) is 15.1. The molecule has 3 aromatic rings. The number of carbonyl (C=O) groups is 2. The molecule has 2 aromatic carbocycles. The highest BCUT2D eigenvalue weighted by Crippen LogP contribution is 2.44. The van der Waals surface area contributed by atoms with E-state index in [0.29, 0.717) is 10.7 Å². The normalized spacial score (nSPS) is 18.4. The fourth-order valence-corrected chi connectivity index (χ4v) is 4.76. The molecule has 1 amide bonds. The highest BCUT2D eigenvalue weighted by atomic mass is 32.1. The van der Waals surface area contributed by atoms with Crippen LogP contribution >= 0.6 is 11.3 Å². The van der Waals surface area contributed by atoms with E-state index in [9.17, 15) is 14.7 Å².